The van der Waals surface area contributed by atoms with Gasteiger partial charge in [-0.25, -0.2) is 9.97 Å². The molecule has 0 aliphatic carbocycles. The first-order valence-corrected chi connectivity index (χ1v) is 10.8. The number of likely N-dealkylation sites (tertiary alicyclic amines) is 1. The van der Waals surface area contributed by atoms with Crippen molar-refractivity contribution in [1.82, 2.24) is 19.9 Å². The maximum absolute atomic E-state index is 12.9. The van der Waals surface area contributed by atoms with Crippen molar-refractivity contribution in [2.24, 2.45) is 0 Å². The Balaban J connectivity index is 1.31. The Labute approximate surface area is 186 Å². The van der Waals surface area contributed by atoms with E-state index in [1.165, 1.54) is 6.39 Å². The van der Waals surface area contributed by atoms with Crippen molar-refractivity contribution < 1.29 is 13.9 Å². The van der Waals surface area contributed by atoms with Crippen LogP contribution in [-0.2, 0) is 6.42 Å². The highest BCUT2D eigenvalue weighted by atomic mass is 16.5. The maximum Gasteiger partial charge on any atom is 0.181 e. The Morgan fingerprint density at radius 1 is 1.16 bits per heavy atom. The van der Waals surface area contributed by atoms with Gasteiger partial charge >= 0.3 is 0 Å². The average Bonchev–Trinajstić information content (AvgIpc) is 3.35. The van der Waals surface area contributed by atoms with Gasteiger partial charge in [-0.15, -0.1) is 0 Å². The van der Waals surface area contributed by atoms with Crippen LogP contribution in [0.25, 0.3) is 22.4 Å². The van der Waals surface area contributed by atoms with Gasteiger partial charge in [-0.2, -0.15) is 0 Å². The lowest BCUT2D eigenvalue weighted by Crippen LogP contribution is -2.35. The number of ether oxygens (including phenoxy) is 1. The SMILES string of the molecule is CN1CCC(Oc2cccc(C(=O)Cc3cc4nc(-c5cnco5)ccc4cn3)c2)CC1. The summed E-state index contributed by atoms with van der Waals surface area (Å²) in [5.41, 5.74) is 2.75. The number of carbonyl (C=O) groups is 1. The third-order valence-corrected chi connectivity index (χ3v) is 5.78. The van der Waals surface area contributed by atoms with Crippen molar-refractivity contribution in [2.75, 3.05) is 20.1 Å². The van der Waals surface area contributed by atoms with Gasteiger partial charge in [-0.05, 0) is 50.2 Å². The first-order valence-electron chi connectivity index (χ1n) is 10.8. The van der Waals surface area contributed by atoms with Crippen LogP contribution in [0.15, 0.2) is 65.7 Å². The number of Topliss-reactive ketones (excluding diaryl/α,β-unsaturated/α-hetero) is 1. The number of nitrogens with zero attached hydrogens (tertiary/aromatic N) is 4. The van der Waals surface area contributed by atoms with Gasteiger partial charge in [-0.3, -0.25) is 9.78 Å². The smallest absolute Gasteiger partial charge is 0.181 e. The van der Waals surface area contributed by atoms with Gasteiger partial charge in [0.1, 0.15) is 17.5 Å². The molecule has 3 aromatic heterocycles. The minimum atomic E-state index is -0.00272. The van der Waals surface area contributed by atoms with Crippen LogP contribution in [0.4, 0.5) is 0 Å². The minimum Gasteiger partial charge on any atom is -0.490 e. The van der Waals surface area contributed by atoms with E-state index in [0.717, 1.165) is 42.6 Å². The summed E-state index contributed by atoms with van der Waals surface area (Å²) in [7, 11) is 2.13. The molecule has 5 rings (SSSR count). The Morgan fingerprint density at radius 2 is 2.03 bits per heavy atom. The fourth-order valence-corrected chi connectivity index (χ4v) is 3.94. The summed E-state index contributed by atoms with van der Waals surface area (Å²) in [6, 6.07) is 13.1. The standard InChI is InChI=1S/C25H24N4O3/c1-29-9-7-20(8-10-29)32-21-4-2-3-17(11-21)24(30)13-19-12-23-18(14-27-19)5-6-22(28-23)25-15-26-16-31-25/h2-6,11-12,14-16,20H,7-10,13H2,1H3. The summed E-state index contributed by atoms with van der Waals surface area (Å²) in [4.78, 5) is 28.3. The predicted molar refractivity (Wildman–Crippen MR) is 121 cm³/mol. The Hall–Kier alpha value is -3.58. The van der Waals surface area contributed by atoms with Crippen LogP contribution in [-0.4, -0.2) is 51.9 Å². The van der Waals surface area contributed by atoms with Gasteiger partial charge in [0.2, 0.25) is 0 Å². The second kappa shape index (κ2) is 8.88. The van der Waals surface area contributed by atoms with Crippen molar-refractivity contribution in [3.8, 4) is 17.2 Å². The molecule has 4 aromatic rings. The molecule has 4 heterocycles. The molecule has 1 aliphatic heterocycles. The fraction of sp³-hybridized carbons (Fsp3) is 0.280. The molecule has 1 saturated heterocycles. The van der Waals surface area contributed by atoms with Crippen LogP contribution in [0, 0.1) is 0 Å². The van der Waals surface area contributed by atoms with Crippen LogP contribution < -0.4 is 4.74 Å². The molecule has 0 unspecified atom stereocenters. The van der Waals surface area contributed by atoms with Crippen molar-refractivity contribution in [1.29, 1.82) is 0 Å². The molecule has 0 radical (unpaired) electrons. The van der Waals surface area contributed by atoms with E-state index in [-0.39, 0.29) is 18.3 Å². The minimum absolute atomic E-state index is 0.00272. The molecule has 0 spiro atoms. The topological polar surface area (TPSA) is 81.4 Å². The lowest BCUT2D eigenvalue weighted by Gasteiger charge is -2.29. The highest BCUT2D eigenvalue weighted by Crippen LogP contribution is 2.23. The van der Waals surface area contributed by atoms with Gasteiger partial charge in [0.15, 0.2) is 17.9 Å². The molecule has 1 fully saturated rings. The number of aromatic nitrogens is 3. The van der Waals surface area contributed by atoms with Gasteiger partial charge in [0.05, 0.1) is 23.8 Å². The normalized spacial score (nSPS) is 15.2. The summed E-state index contributed by atoms with van der Waals surface area (Å²) in [6.45, 7) is 2.06. The Bertz CT molecular complexity index is 1230. The molecule has 0 atom stereocenters. The van der Waals surface area contributed by atoms with Gasteiger partial charge in [0.25, 0.3) is 0 Å². The van der Waals surface area contributed by atoms with Crippen LogP contribution in [0.3, 0.4) is 0 Å². The predicted octanol–water partition coefficient (Wildman–Crippen LogP) is 4.18. The molecular weight excluding hydrogens is 404 g/mol. The number of oxazole rings is 1. The molecule has 0 bridgehead atoms. The molecule has 7 nitrogen and oxygen atoms in total. The van der Waals surface area contributed by atoms with E-state index in [4.69, 9.17) is 9.15 Å². The summed E-state index contributed by atoms with van der Waals surface area (Å²) in [6.07, 6.45) is 7.14. The van der Waals surface area contributed by atoms with Crippen LogP contribution in [0.1, 0.15) is 28.9 Å². The van der Waals surface area contributed by atoms with E-state index in [1.807, 2.05) is 42.5 Å². The lowest BCUT2D eigenvalue weighted by molar-refractivity contribution is 0.0988. The second-order valence-corrected chi connectivity index (χ2v) is 8.18. The van der Waals surface area contributed by atoms with Crippen LogP contribution in [0.2, 0.25) is 0 Å². The Kier molecular flexibility index (Phi) is 5.64. The molecule has 1 aliphatic rings. The number of hydrogen-bond donors (Lipinski definition) is 0. The number of ketones is 1. The number of hydrogen-bond acceptors (Lipinski definition) is 7. The lowest BCUT2D eigenvalue weighted by atomic mass is 10.0. The molecule has 7 heteroatoms. The number of benzene rings is 1. The van der Waals surface area contributed by atoms with Crippen molar-refractivity contribution in [3.63, 3.8) is 0 Å². The van der Waals surface area contributed by atoms with E-state index in [1.54, 1.807) is 12.4 Å². The highest BCUT2D eigenvalue weighted by molar-refractivity contribution is 5.98. The number of pyridine rings is 2. The first-order chi connectivity index (χ1) is 15.6. The number of rotatable bonds is 6. The van der Waals surface area contributed by atoms with Crippen molar-refractivity contribution in [2.45, 2.75) is 25.4 Å². The average molecular weight is 428 g/mol. The first kappa shape index (κ1) is 20.3. The third-order valence-electron chi connectivity index (χ3n) is 5.78. The van der Waals surface area contributed by atoms with Crippen molar-refractivity contribution >= 4 is 16.7 Å². The van der Waals surface area contributed by atoms with E-state index in [9.17, 15) is 4.79 Å². The van der Waals surface area contributed by atoms with Gasteiger partial charge in [0, 0.05) is 30.2 Å². The zero-order valence-electron chi connectivity index (χ0n) is 17.9. The molecule has 162 valence electrons. The molecule has 1 aromatic carbocycles. The summed E-state index contributed by atoms with van der Waals surface area (Å²) < 4.78 is 11.5. The van der Waals surface area contributed by atoms with Crippen LogP contribution in [0.5, 0.6) is 5.75 Å². The molecule has 0 N–H and O–H groups in total. The second-order valence-electron chi connectivity index (χ2n) is 8.18. The Morgan fingerprint density at radius 3 is 2.84 bits per heavy atom. The summed E-state index contributed by atoms with van der Waals surface area (Å²) in [5, 5.41) is 0.901. The van der Waals surface area contributed by atoms with Gasteiger partial charge in [-0.1, -0.05) is 12.1 Å². The molecule has 0 saturated carbocycles. The number of piperidine rings is 1. The number of carbonyl (C=O) groups excluding carboxylic acids is 1. The quantitative estimate of drug-likeness (QED) is 0.426. The monoisotopic (exact) mass is 428 g/mol. The van der Waals surface area contributed by atoms with E-state index >= 15 is 0 Å². The maximum atomic E-state index is 12.9. The zero-order valence-corrected chi connectivity index (χ0v) is 17.9. The van der Waals surface area contributed by atoms with Crippen molar-refractivity contribution in [3.05, 3.63) is 72.5 Å². The van der Waals surface area contributed by atoms with Crippen LogP contribution >= 0.6 is 0 Å². The number of fused-ring (bicyclic) bond motifs is 1. The zero-order chi connectivity index (χ0) is 21.9. The van der Waals surface area contributed by atoms with E-state index in [2.05, 4.69) is 26.9 Å². The van der Waals surface area contributed by atoms with E-state index < -0.39 is 0 Å². The molecule has 32 heavy (non-hydrogen) atoms. The third kappa shape index (κ3) is 4.53. The fourth-order valence-electron chi connectivity index (χ4n) is 3.94. The largest absolute Gasteiger partial charge is 0.490 e. The highest BCUT2D eigenvalue weighted by Gasteiger charge is 2.18. The molecule has 0 amide bonds. The summed E-state index contributed by atoms with van der Waals surface area (Å²) >= 11 is 0. The van der Waals surface area contributed by atoms with E-state index in [0.29, 0.717) is 22.7 Å². The summed E-state index contributed by atoms with van der Waals surface area (Å²) in [5.74, 6) is 1.34. The molecular formula is C25H24N4O3. The van der Waals surface area contributed by atoms with Gasteiger partial charge < -0.3 is 14.1 Å².